The summed E-state index contributed by atoms with van der Waals surface area (Å²) < 4.78 is 0. The first-order valence-corrected chi connectivity index (χ1v) is 8.38. The number of benzene rings is 1. The topological polar surface area (TPSA) is 20.2 Å². The minimum Gasteiger partial charge on any atom is -0.508 e. The fourth-order valence-corrected chi connectivity index (χ4v) is 2.61. The van der Waals surface area contributed by atoms with Crippen LogP contribution in [0.1, 0.15) is 82.3 Å². The van der Waals surface area contributed by atoms with Crippen molar-refractivity contribution in [2.75, 3.05) is 0 Å². The van der Waals surface area contributed by atoms with Crippen molar-refractivity contribution in [3.05, 3.63) is 36.2 Å². The highest BCUT2D eigenvalue weighted by Crippen LogP contribution is 2.19. The maximum atomic E-state index is 9.43. The van der Waals surface area contributed by atoms with E-state index in [9.17, 15) is 5.11 Å². The zero-order valence-corrected chi connectivity index (χ0v) is 13.2. The van der Waals surface area contributed by atoms with Crippen LogP contribution in [-0.2, 0) is 6.42 Å². The minimum atomic E-state index is 0.303. The fraction of sp³-hybridized carbons (Fsp3) is 0.632. The summed E-state index contributed by atoms with van der Waals surface area (Å²) in [6.07, 6.45) is 14.9. The molecule has 1 N–H and O–H groups in total. The van der Waals surface area contributed by atoms with Gasteiger partial charge in [0.05, 0.1) is 0 Å². The number of aryl methyl sites for hydroxylation is 1. The molecule has 0 unspecified atom stereocenters. The molecule has 1 nitrogen and oxygen atoms in total. The van der Waals surface area contributed by atoms with Gasteiger partial charge in [0, 0.05) is 0 Å². The van der Waals surface area contributed by atoms with Gasteiger partial charge in [0.25, 0.3) is 0 Å². The van der Waals surface area contributed by atoms with Gasteiger partial charge in [-0.3, -0.25) is 0 Å². The Morgan fingerprint density at radius 1 is 0.850 bits per heavy atom. The van der Waals surface area contributed by atoms with Crippen LogP contribution in [-0.4, -0.2) is 5.11 Å². The van der Waals surface area contributed by atoms with E-state index in [0.29, 0.717) is 5.75 Å². The summed E-state index contributed by atoms with van der Waals surface area (Å²) in [5, 5.41) is 9.43. The van der Waals surface area contributed by atoms with E-state index in [1.807, 2.05) is 12.1 Å². The molecule has 1 aromatic rings. The molecule has 0 saturated carbocycles. The van der Waals surface area contributed by atoms with Crippen molar-refractivity contribution >= 4 is 0 Å². The van der Waals surface area contributed by atoms with E-state index in [0.717, 1.165) is 12.0 Å². The van der Waals surface area contributed by atoms with Crippen LogP contribution in [0.4, 0.5) is 0 Å². The van der Waals surface area contributed by atoms with E-state index >= 15 is 0 Å². The number of aromatic hydroxyl groups is 1. The Hall–Kier alpha value is -0.980. The van der Waals surface area contributed by atoms with Gasteiger partial charge in [-0.25, -0.2) is 0 Å². The summed E-state index contributed by atoms with van der Waals surface area (Å²) in [5.41, 5.74) is 2.04. The molecule has 0 amide bonds. The third-order valence-corrected chi connectivity index (χ3v) is 3.96. The Morgan fingerprint density at radius 2 is 1.40 bits per heavy atom. The predicted octanol–water partition coefficient (Wildman–Crippen LogP) is 6.04. The van der Waals surface area contributed by atoms with Gasteiger partial charge in [-0.2, -0.15) is 0 Å². The molecular formula is C19H31O. The van der Waals surface area contributed by atoms with E-state index < -0.39 is 0 Å². The summed E-state index contributed by atoms with van der Waals surface area (Å²) >= 11 is 0. The van der Waals surface area contributed by atoms with Crippen molar-refractivity contribution in [2.45, 2.75) is 77.6 Å². The number of phenolic OH excluding ortho intramolecular Hbond substituents is 1. The van der Waals surface area contributed by atoms with Gasteiger partial charge in [0.15, 0.2) is 0 Å². The summed E-state index contributed by atoms with van der Waals surface area (Å²) in [5.74, 6) is 0.303. The average molecular weight is 275 g/mol. The Labute approximate surface area is 125 Å². The molecule has 0 aliphatic carbocycles. The molecule has 0 spiro atoms. The Bertz CT molecular complexity index is 357. The van der Waals surface area contributed by atoms with E-state index in [-0.39, 0.29) is 0 Å². The molecule has 20 heavy (non-hydrogen) atoms. The third-order valence-electron chi connectivity index (χ3n) is 3.96. The molecule has 1 rings (SSSR count). The molecule has 1 radical (unpaired) electrons. The molecule has 1 heteroatoms. The molecule has 113 valence electrons. The van der Waals surface area contributed by atoms with Crippen molar-refractivity contribution in [3.63, 3.8) is 0 Å². The normalized spacial score (nSPS) is 10.9. The molecule has 0 aromatic heterocycles. The fourth-order valence-electron chi connectivity index (χ4n) is 2.61. The SMILES string of the molecule is [CH2]c1cc(CCCCCCCCCCCC)ccc1O. The lowest BCUT2D eigenvalue weighted by molar-refractivity contribution is 0.472. The van der Waals surface area contributed by atoms with Gasteiger partial charge in [-0.05, 0) is 37.0 Å². The molecule has 0 bridgehead atoms. The van der Waals surface area contributed by atoms with Crippen LogP contribution in [0.3, 0.4) is 0 Å². The van der Waals surface area contributed by atoms with Crippen LogP contribution < -0.4 is 0 Å². The monoisotopic (exact) mass is 275 g/mol. The van der Waals surface area contributed by atoms with Crippen LogP contribution in [0.15, 0.2) is 18.2 Å². The Morgan fingerprint density at radius 3 is 1.95 bits per heavy atom. The molecule has 1 aromatic carbocycles. The summed E-state index contributed by atoms with van der Waals surface area (Å²) in [6.45, 7) is 6.10. The second kappa shape index (κ2) is 10.8. The maximum absolute atomic E-state index is 9.43. The summed E-state index contributed by atoms with van der Waals surface area (Å²) in [4.78, 5) is 0. The Kier molecular flexibility index (Phi) is 9.19. The van der Waals surface area contributed by atoms with Gasteiger partial charge in [0.2, 0.25) is 0 Å². The quantitative estimate of drug-likeness (QED) is 0.488. The number of phenols is 1. The average Bonchev–Trinajstić information content (AvgIpc) is 2.45. The van der Waals surface area contributed by atoms with Crippen LogP contribution in [0.2, 0.25) is 0 Å². The highest BCUT2D eigenvalue weighted by atomic mass is 16.3. The largest absolute Gasteiger partial charge is 0.508 e. The van der Waals surface area contributed by atoms with Gasteiger partial charge in [0.1, 0.15) is 5.75 Å². The first-order valence-electron chi connectivity index (χ1n) is 8.38. The van der Waals surface area contributed by atoms with Gasteiger partial charge in [-0.1, -0.05) is 76.8 Å². The lowest BCUT2D eigenvalue weighted by Gasteiger charge is -2.05. The summed E-state index contributed by atoms with van der Waals surface area (Å²) in [7, 11) is 0. The molecule has 0 aliphatic heterocycles. The van der Waals surface area contributed by atoms with Gasteiger partial charge in [-0.15, -0.1) is 0 Å². The molecule has 0 aliphatic rings. The smallest absolute Gasteiger partial charge is 0.118 e. The van der Waals surface area contributed by atoms with Gasteiger partial charge < -0.3 is 5.11 Å². The highest BCUT2D eigenvalue weighted by molar-refractivity contribution is 5.37. The highest BCUT2D eigenvalue weighted by Gasteiger charge is 1.98. The zero-order chi connectivity index (χ0) is 14.6. The zero-order valence-electron chi connectivity index (χ0n) is 13.2. The minimum absolute atomic E-state index is 0.303. The van der Waals surface area contributed by atoms with Crippen LogP contribution in [0.5, 0.6) is 5.75 Å². The molecule has 0 heterocycles. The van der Waals surface area contributed by atoms with Crippen LogP contribution in [0.25, 0.3) is 0 Å². The second-order valence-electron chi connectivity index (χ2n) is 5.90. The maximum Gasteiger partial charge on any atom is 0.118 e. The van der Waals surface area contributed by atoms with Crippen molar-refractivity contribution in [3.8, 4) is 5.75 Å². The van der Waals surface area contributed by atoms with Crippen LogP contribution >= 0.6 is 0 Å². The molecular weight excluding hydrogens is 244 g/mol. The second-order valence-corrected chi connectivity index (χ2v) is 5.90. The predicted molar refractivity (Wildman–Crippen MR) is 88.1 cm³/mol. The third kappa shape index (κ3) is 7.57. The lowest BCUT2D eigenvalue weighted by atomic mass is 10.0. The lowest BCUT2D eigenvalue weighted by Crippen LogP contribution is -1.88. The molecule has 0 fully saturated rings. The standard InChI is InChI=1S/C19H31O/c1-3-4-5-6-7-8-9-10-11-12-13-18-14-15-19(20)17(2)16-18/h14-16,20H,2-13H2,1H3. The van der Waals surface area contributed by atoms with E-state index in [4.69, 9.17) is 0 Å². The number of hydrogen-bond acceptors (Lipinski definition) is 1. The van der Waals surface area contributed by atoms with Crippen molar-refractivity contribution in [1.82, 2.24) is 0 Å². The van der Waals surface area contributed by atoms with Crippen molar-refractivity contribution in [2.24, 2.45) is 0 Å². The van der Waals surface area contributed by atoms with E-state index in [1.54, 1.807) is 6.07 Å². The summed E-state index contributed by atoms with van der Waals surface area (Å²) in [6, 6.07) is 5.77. The van der Waals surface area contributed by atoms with E-state index in [2.05, 4.69) is 13.8 Å². The Balaban J connectivity index is 1.95. The first kappa shape index (κ1) is 17.1. The van der Waals surface area contributed by atoms with Crippen LogP contribution in [0, 0.1) is 6.92 Å². The molecule has 0 saturated heterocycles. The first-order chi connectivity index (χ1) is 9.74. The van der Waals surface area contributed by atoms with Crippen molar-refractivity contribution in [1.29, 1.82) is 0 Å². The van der Waals surface area contributed by atoms with E-state index in [1.165, 1.54) is 69.8 Å². The van der Waals surface area contributed by atoms with Crippen molar-refractivity contribution < 1.29 is 5.11 Å². The van der Waals surface area contributed by atoms with Gasteiger partial charge >= 0.3 is 0 Å². The molecule has 0 atom stereocenters. The number of rotatable bonds is 11. The number of hydrogen-bond donors (Lipinski definition) is 1. The number of unbranched alkanes of at least 4 members (excludes halogenated alkanes) is 9.